The van der Waals surface area contributed by atoms with E-state index in [4.69, 9.17) is 11.6 Å². The normalized spacial score (nSPS) is 11.2. The van der Waals surface area contributed by atoms with Crippen LogP contribution in [0.5, 0.6) is 5.75 Å². The van der Waals surface area contributed by atoms with E-state index in [9.17, 15) is 9.90 Å². The van der Waals surface area contributed by atoms with Gasteiger partial charge in [-0.25, -0.2) is 5.43 Å². The minimum absolute atomic E-state index is 0.0322. The van der Waals surface area contributed by atoms with Gasteiger partial charge in [-0.15, -0.1) is 5.10 Å². The highest BCUT2D eigenvalue weighted by atomic mass is 79.9. The zero-order chi connectivity index (χ0) is 24.9. The van der Waals surface area contributed by atoms with Crippen LogP contribution in [0, 0.1) is 6.92 Å². The molecule has 0 radical (unpaired) electrons. The summed E-state index contributed by atoms with van der Waals surface area (Å²) in [6, 6.07) is 18.9. The van der Waals surface area contributed by atoms with E-state index in [2.05, 4.69) is 52.6 Å². The number of carbonyl (C=O) groups excluding carboxylic acids is 1. The van der Waals surface area contributed by atoms with Crippen molar-refractivity contribution in [3.05, 3.63) is 85.8 Å². The molecule has 35 heavy (non-hydrogen) atoms. The van der Waals surface area contributed by atoms with Crippen molar-refractivity contribution in [2.75, 3.05) is 5.75 Å². The van der Waals surface area contributed by atoms with Gasteiger partial charge >= 0.3 is 5.16 Å². The first-order valence-corrected chi connectivity index (χ1v) is 13.2. The molecule has 4 aromatic rings. The lowest BCUT2D eigenvalue weighted by atomic mass is 10.1. The van der Waals surface area contributed by atoms with Crippen LogP contribution < -0.4 is 9.99 Å². The predicted octanol–water partition coefficient (Wildman–Crippen LogP) is 5.79. The molecule has 0 aliphatic carbocycles. The summed E-state index contributed by atoms with van der Waals surface area (Å²) >= 11 is 14.0. The minimum atomic E-state index is -0.317. The van der Waals surface area contributed by atoms with Crippen molar-refractivity contribution in [2.45, 2.75) is 12.1 Å². The maximum Gasteiger partial charge on any atom is 0.342 e. The van der Waals surface area contributed by atoms with Crippen LogP contribution in [0.1, 0.15) is 11.1 Å². The van der Waals surface area contributed by atoms with Gasteiger partial charge in [0.25, 0.3) is 11.7 Å². The number of aromatic hydroxyl groups is 1. The Morgan fingerprint density at radius 2 is 1.91 bits per heavy atom. The van der Waals surface area contributed by atoms with Crippen molar-refractivity contribution in [3.8, 4) is 22.8 Å². The zero-order valence-corrected chi connectivity index (χ0v) is 23.0. The van der Waals surface area contributed by atoms with Crippen molar-refractivity contribution >= 4 is 67.3 Å². The summed E-state index contributed by atoms with van der Waals surface area (Å²) < 4.78 is 3.23. The van der Waals surface area contributed by atoms with Gasteiger partial charge in [-0.2, -0.15) is 9.67 Å². The maximum atomic E-state index is 12.4. The first kappa shape index (κ1) is 25.4. The molecule has 0 bridgehead atoms. The number of rotatable bonds is 7. The summed E-state index contributed by atoms with van der Waals surface area (Å²) in [5.74, 6) is 0.577. The number of aromatic amines is 1. The highest BCUT2D eigenvalue weighted by molar-refractivity contribution is 9.11. The number of phenols is 1. The molecule has 0 aliphatic heterocycles. The molecule has 0 spiro atoms. The third-order valence-corrected chi connectivity index (χ3v) is 7.12. The minimum Gasteiger partial charge on any atom is -0.506 e. The van der Waals surface area contributed by atoms with Crippen molar-refractivity contribution in [1.29, 1.82) is 0 Å². The molecule has 0 atom stereocenters. The molecular weight excluding hydrogens is 618 g/mol. The molecule has 1 aromatic heterocycles. The fraction of sp³-hybridized carbons (Fsp3) is 0.0833. The quantitative estimate of drug-likeness (QED) is 0.104. The number of amides is 1. The molecule has 3 N–H and O–H groups in total. The molecule has 0 aliphatic rings. The molecule has 0 saturated heterocycles. The number of phenolic OH excluding ortho intramolecular Hbond substituents is 1. The Balaban J connectivity index is 1.51. The number of thioether (sulfide) groups is 1. The summed E-state index contributed by atoms with van der Waals surface area (Å²) in [4.78, 5) is 12.4. The van der Waals surface area contributed by atoms with Crippen LogP contribution in [-0.2, 0) is 4.79 Å². The molecular formula is C24H19Br2ClN5O2S+. The number of aryl methyl sites for hydroxylation is 1. The van der Waals surface area contributed by atoms with Gasteiger partial charge in [-0.1, -0.05) is 45.2 Å². The van der Waals surface area contributed by atoms with E-state index in [1.54, 1.807) is 24.3 Å². The first-order chi connectivity index (χ1) is 16.8. The molecule has 3 aromatic carbocycles. The summed E-state index contributed by atoms with van der Waals surface area (Å²) in [7, 11) is 0. The number of hydrogen-bond acceptors (Lipinski definition) is 5. The average molecular weight is 637 g/mol. The third kappa shape index (κ3) is 6.32. The van der Waals surface area contributed by atoms with Gasteiger partial charge in [0.15, 0.2) is 0 Å². The molecule has 0 fully saturated rings. The highest BCUT2D eigenvalue weighted by Crippen LogP contribution is 2.30. The number of H-pyrrole nitrogens is 1. The Bertz CT molecular complexity index is 1390. The summed E-state index contributed by atoms with van der Waals surface area (Å²) in [6.07, 6.45) is 1.38. The van der Waals surface area contributed by atoms with Crippen molar-refractivity contribution in [3.63, 3.8) is 0 Å². The van der Waals surface area contributed by atoms with Crippen LogP contribution in [0.15, 0.2) is 79.9 Å². The third-order valence-electron chi connectivity index (χ3n) is 4.87. The van der Waals surface area contributed by atoms with Crippen molar-refractivity contribution in [2.24, 2.45) is 5.10 Å². The summed E-state index contributed by atoms with van der Waals surface area (Å²) in [5.41, 5.74) is 5.90. The fourth-order valence-electron chi connectivity index (χ4n) is 3.15. The first-order valence-electron chi connectivity index (χ1n) is 10.3. The van der Waals surface area contributed by atoms with Crippen LogP contribution in [0.2, 0.25) is 5.02 Å². The number of nitrogens with zero attached hydrogens (tertiary/aromatic N) is 3. The lowest BCUT2D eigenvalue weighted by Crippen LogP contribution is -2.34. The van der Waals surface area contributed by atoms with Crippen LogP contribution >= 0.6 is 55.2 Å². The SMILES string of the molecule is Cc1ccc(-c2[nH]nc(SCC(=O)N/N=C/c3cc(Br)cc(Br)c3O)[n+]2-c2ccc(Cl)cc2)cc1. The lowest BCUT2D eigenvalue weighted by molar-refractivity contribution is -0.625. The molecule has 4 rings (SSSR count). The predicted molar refractivity (Wildman–Crippen MR) is 145 cm³/mol. The summed E-state index contributed by atoms with van der Waals surface area (Å²) in [6.45, 7) is 2.03. The van der Waals surface area contributed by atoms with Gasteiger partial charge in [0.05, 0.1) is 27.1 Å². The lowest BCUT2D eigenvalue weighted by Gasteiger charge is -2.05. The van der Waals surface area contributed by atoms with Gasteiger partial charge < -0.3 is 5.11 Å². The highest BCUT2D eigenvalue weighted by Gasteiger charge is 2.24. The van der Waals surface area contributed by atoms with E-state index < -0.39 is 0 Å². The second-order valence-electron chi connectivity index (χ2n) is 7.44. The molecule has 0 saturated carbocycles. The number of carbonyl (C=O) groups is 1. The molecule has 7 nitrogen and oxygen atoms in total. The second-order valence-corrected chi connectivity index (χ2v) is 10.6. The van der Waals surface area contributed by atoms with E-state index in [1.807, 2.05) is 47.9 Å². The number of nitrogens with one attached hydrogen (secondary N) is 2. The van der Waals surface area contributed by atoms with E-state index in [0.29, 0.717) is 20.2 Å². The van der Waals surface area contributed by atoms with E-state index in [-0.39, 0.29) is 17.4 Å². The number of hydrazone groups is 1. The fourth-order valence-corrected chi connectivity index (χ4v) is 5.29. The van der Waals surface area contributed by atoms with Crippen molar-refractivity contribution < 1.29 is 14.5 Å². The molecule has 0 unspecified atom stereocenters. The van der Waals surface area contributed by atoms with E-state index in [0.717, 1.165) is 27.1 Å². The van der Waals surface area contributed by atoms with Crippen LogP contribution in [-0.4, -0.2) is 33.2 Å². The zero-order valence-electron chi connectivity index (χ0n) is 18.3. The average Bonchev–Trinajstić information content (AvgIpc) is 3.25. The van der Waals surface area contributed by atoms with Gasteiger partial charge in [-0.3, -0.25) is 4.79 Å². The maximum absolute atomic E-state index is 12.4. The smallest absolute Gasteiger partial charge is 0.342 e. The standard InChI is InChI=1S/C24H18Br2ClN5O2S/c1-14-2-4-15(5-3-14)23-30-31-24(32(23)19-8-6-18(27)7-9-19)35-13-21(33)29-28-12-16-10-17(25)11-20(26)22(16)34/h2-12H,13H2,1H3,(H2,28,29,33,34)/p+1. The Labute approximate surface area is 227 Å². The van der Waals surface area contributed by atoms with Crippen LogP contribution in [0.4, 0.5) is 0 Å². The topological polar surface area (TPSA) is 94.2 Å². The molecule has 11 heteroatoms. The second kappa shape index (κ2) is 11.4. The van der Waals surface area contributed by atoms with Gasteiger partial charge in [0.1, 0.15) is 11.4 Å². The Kier molecular flexibility index (Phi) is 8.27. The monoisotopic (exact) mass is 634 g/mol. The van der Waals surface area contributed by atoms with Gasteiger partial charge in [0, 0.05) is 15.1 Å². The Hall–Kier alpha value is -2.66. The number of benzene rings is 3. The van der Waals surface area contributed by atoms with Crippen molar-refractivity contribution in [1.82, 2.24) is 15.6 Å². The number of halogens is 3. The van der Waals surface area contributed by atoms with Crippen LogP contribution in [0.3, 0.4) is 0 Å². The number of hydrogen-bond donors (Lipinski definition) is 3. The van der Waals surface area contributed by atoms with Gasteiger partial charge in [0.2, 0.25) is 0 Å². The van der Waals surface area contributed by atoms with Crippen LogP contribution in [0.25, 0.3) is 17.1 Å². The summed E-state index contributed by atoms with van der Waals surface area (Å²) in [5, 5.41) is 22.8. The molecule has 178 valence electrons. The number of aromatic nitrogens is 3. The van der Waals surface area contributed by atoms with Gasteiger partial charge in [-0.05, 0) is 83.1 Å². The molecule has 1 heterocycles. The van der Waals surface area contributed by atoms with E-state index >= 15 is 0 Å². The van der Waals surface area contributed by atoms with E-state index in [1.165, 1.54) is 18.0 Å². The Morgan fingerprint density at radius 3 is 2.63 bits per heavy atom. The largest absolute Gasteiger partial charge is 0.506 e. The molecule has 1 amide bonds. The Morgan fingerprint density at radius 1 is 1.20 bits per heavy atom.